The average Bonchev–Trinajstić information content (AvgIpc) is 2.60. The summed E-state index contributed by atoms with van der Waals surface area (Å²) in [6.45, 7) is 3.00. The predicted molar refractivity (Wildman–Crippen MR) is 99.0 cm³/mol. The van der Waals surface area contributed by atoms with Crippen LogP contribution in [0.1, 0.15) is 41.8 Å². The Bertz CT molecular complexity index is 807. The molecule has 1 aromatic heterocycles. The number of hydrogen-bond donors (Lipinski definition) is 2. The summed E-state index contributed by atoms with van der Waals surface area (Å²) in [5, 5.41) is 19.8. The minimum atomic E-state index is -1.06. The number of ketones is 1. The number of thioether (sulfide) groups is 1. The van der Waals surface area contributed by atoms with Crippen LogP contribution < -0.4 is 4.74 Å². The summed E-state index contributed by atoms with van der Waals surface area (Å²) in [5.74, 6) is -0.267. The van der Waals surface area contributed by atoms with Gasteiger partial charge in [-0.3, -0.25) is 4.79 Å². The Labute approximate surface area is 156 Å². The zero-order valence-electron chi connectivity index (χ0n) is 14.7. The molecule has 2 N–H and O–H groups in total. The van der Waals surface area contributed by atoms with Crippen molar-refractivity contribution >= 4 is 23.5 Å². The van der Waals surface area contributed by atoms with E-state index in [-0.39, 0.29) is 11.5 Å². The van der Waals surface area contributed by atoms with Gasteiger partial charge in [0.1, 0.15) is 10.8 Å². The Morgan fingerprint density at radius 1 is 1.27 bits per heavy atom. The van der Waals surface area contributed by atoms with E-state index in [9.17, 15) is 14.7 Å². The number of phenols is 1. The number of pyridine rings is 1. The van der Waals surface area contributed by atoms with Crippen LogP contribution in [-0.4, -0.2) is 33.6 Å². The molecule has 7 heteroatoms. The first kappa shape index (κ1) is 19.8. The van der Waals surface area contributed by atoms with Crippen LogP contribution in [0.4, 0.5) is 0 Å². The molecule has 0 spiro atoms. The largest absolute Gasteiger partial charge is 0.507 e. The molecule has 0 saturated carbocycles. The second-order valence-corrected chi connectivity index (χ2v) is 6.65. The topological polar surface area (TPSA) is 96.7 Å². The highest BCUT2D eigenvalue weighted by atomic mass is 32.2. The van der Waals surface area contributed by atoms with Gasteiger partial charge in [-0.05, 0) is 42.7 Å². The Morgan fingerprint density at radius 3 is 2.69 bits per heavy atom. The van der Waals surface area contributed by atoms with Gasteiger partial charge in [-0.1, -0.05) is 31.2 Å². The third-order valence-corrected chi connectivity index (χ3v) is 4.75. The molecular weight excluding hydrogens is 354 g/mol. The first-order chi connectivity index (χ1) is 12.4. The fourth-order valence-corrected chi connectivity index (χ4v) is 3.47. The van der Waals surface area contributed by atoms with Gasteiger partial charge in [-0.25, -0.2) is 9.78 Å². The van der Waals surface area contributed by atoms with Crippen LogP contribution >= 0.6 is 11.8 Å². The lowest BCUT2D eigenvalue weighted by Crippen LogP contribution is -2.10. The molecule has 0 radical (unpaired) electrons. The summed E-state index contributed by atoms with van der Waals surface area (Å²) < 4.78 is 5.26. The number of ether oxygens (including phenoxy) is 1. The third kappa shape index (κ3) is 4.98. The zero-order chi connectivity index (χ0) is 19.1. The maximum Gasteiger partial charge on any atom is 0.341 e. The second kappa shape index (κ2) is 9.24. The lowest BCUT2D eigenvalue weighted by atomic mass is 9.98. The van der Waals surface area contributed by atoms with E-state index in [2.05, 4.69) is 4.98 Å². The lowest BCUT2D eigenvalue weighted by molar-refractivity contribution is -0.139. The molecule has 2 rings (SSSR count). The van der Waals surface area contributed by atoms with Crippen LogP contribution in [0.2, 0.25) is 0 Å². The van der Waals surface area contributed by atoms with E-state index in [1.54, 1.807) is 24.4 Å². The van der Waals surface area contributed by atoms with Crippen molar-refractivity contribution in [1.29, 1.82) is 0 Å². The molecule has 0 aliphatic carbocycles. The molecule has 2 aromatic rings. The van der Waals surface area contributed by atoms with Gasteiger partial charge in [-0.2, -0.15) is 0 Å². The molecule has 0 aliphatic rings. The Hall–Kier alpha value is -2.54. The number of aliphatic carboxylic acids is 1. The van der Waals surface area contributed by atoms with E-state index in [4.69, 9.17) is 9.84 Å². The molecule has 0 fully saturated rings. The molecule has 138 valence electrons. The molecule has 0 unspecified atom stereocenters. The number of rotatable bonds is 9. The van der Waals surface area contributed by atoms with Gasteiger partial charge in [0.05, 0.1) is 5.56 Å². The molecule has 26 heavy (non-hydrogen) atoms. The number of phenolic OH excluding ortho intramolecular Hbond substituents is 1. The van der Waals surface area contributed by atoms with Gasteiger partial charge in [-0.15, -0.1) is 0 Å². The number of hydrogen-bond acceptors (Lipinski definition) is 6. The minimum absolute atomic E-state index is 0.0424. The molecular formula is C19H21NO5S. The van der Waals surface area contributed by atoms with Crippen molar-refractivity contribution in [2.45, 2.75) is 37.5 Å². The molecule has 1 aromatic carbocycles. The smallest absolute Gasteiger partial charge is 0.341 e. The number of aromatic nitrogens is 1. The standard InChI is InChI=1S/C19H21NO5S/c1-3-5-15-13(7-8-14(12(2)21)18(15)24)11-26-19-16(6-4-9-20-19)25-10-17(22)23/h4,6-9,24H,3,5,10-11H2,1-2H3,(H,22,23). The van der Waals surface area contributed by atoms with Gasteiger partial charge in [0.15, 0.2) is 18.1 Å². The number of benzene rings is 1. The molecule has 1 heterocycles. The van der Waals surface area contributed by atoms with Gasteiger partial charge in [0, 0.05) is 11.9 Å². The van der Waals surface area contributed by atoms with Crippen molar-refractivity contribution < 1.29 is 24.5 Å². The molecule has 0 aliphatic heterocycles. The van der Waals surface area contributed by atoms with Crippen LogP contribution in [0.5, 0.6) is 11.5 Å². The first-order valence-electron chi connectivity index (χ1n) is 8.21. The Kier molecular flexibility index (Phi) is 7.03. The number of aromatic hydroxyl groups is 1. The summed E-state index contributed by atoms with van der Waals surface area (Å²) in [4.78, 5) is 26.6. The van der Waals surface area contributed by atoms with Crippen molar-refractivity contribution in [3.63, 3.8) is 0 Å². The molecule has 0 saturated heterocycles. The van der Waals surface area contributed by atoms with E-state index in [0.29, 0.717) is 28.5 Å². The third-order valence-electron chi connectivity index (χ3n) is 3.71. The lowest BCUT2D eigenvalue weighted by Gasteiger charge is -2.14. The van der Waals surface area contributed by atoms with Crippen molar-refractivity contribution in [1.82, 2.24) is 4.98 Å². The highest BCUT2D eigenvalue weighted by Gasteiger charge is 2.16. The quantitative estimate of drug-likeness (QED) is 0.509. The molecule has 0 amide bonds. The minimum Gasteiger partial charge on any atom is -0.507 e. The summed E-state index contributed by atoms with van der Waals surface area (Å²) in [6, 6.07) is 6.82. The number of carbonyl (C=O) groups is 2. The summed E-state index contributed by atoms with van der Waals surface area (Å²) in [6.07, 6.45) is 3.11. The zero-order valence-corrected chi connectivity index (χ0v) is 15.5. The SMILES string of the molecule is CCCc1c(CSc2ncccc2OCC(=O)O)ccc(C(C)=O)c1O. The normalized spacial score (nSPS) is 10.5. The van der Waals surface area contributed by atoms with Crippen molar-refractivity contribution in [2.24, 2.45) is 0 Å². The van der Waals surface area contributed by atoms with Gasteiger partial charge in [0.25, 0.3) is 0 Å². The van der Waals surface area contributed by atoms with Crippen LogP contribution in [0.15, 0.2) is 35.5 Å². The maximum absolute atomic E-state index is 11.6. The average molecular weight is 375 g/mol. The Morgan fingerprint density at radius 2 is 2.04 bits per heavy atom. The van der Waals surface area contributed by atoms with Crippen molar-refractivity contribution in [3.05, 3.63) is 47.2 Å². The maximum atomic E-state index is 11.6. The number of carboxylic acid groups (broad SMARTS) is 1. The van der Waals surface area contributed by atoms with Crippen LogP contribution in [0.25, 0.3) is 0 Å². The fraction of sp³-hybridized carbons (Fsp3) is 0.316. The summed E-state index contributed by atoms with van der Waals surface area (Å²) in [5.41, 5.74) is 2.00. The summed E-state index contributed by atoms with van der Waals surface area (Å²) in [7, 11) is 0. The van der Waals surface area contributed by atoms with E-state index >= 15 is 0 Å². The highest BCUT2D eigenvalue weighted by molar-refractivity contribution is 7.98. The number of nitrogens with zero attached hydrogens (tertiary/aromatic N) is 1. The first-order valence-corrected chi connectivity index (χ1v) is 9.19. The van der Waals surface area contributed by atoms with Gasteiger partial charge < -0.3 is 14.9 Å². The molecule has 0 bridgehead atoms. The monoisotopic (exact) mass is 375 g/mol. The second-order valence-electron chi connectivity index (χ2n) is 5.68. The number of carboxylic acids is 1. The van der Waals surface area contributed by atoms with Crippen LogP contribution in [0.3, 0.4) is 0 Å². The van der Waals surface area contributed by atoms with E-state index in [0.717, 1.165) is 17.5 Å². The predicted octanol–water partition coefficient (Wildman–Crippen LogP) is 3.70. The van der Waals surface area contributed by atoms with Crippen molar-refractivity contribution in [3.8, 4) is 11.5 Å². The van der Waals surface area contributed by atoms with E-state index in [1.165, 1.54) is 18.7 Å². The Balaban J connectivity index is 2.23. The van der Waals surface area contributed by atoms with Crippen LogP contribution in [-0.2, 0) is 17.0 Å². The number of carbonyl (C=O) groups excluding carboxylic acids is 1. The van der Waals surface area contributed by atoms with Gasteiger partial charge in [0.2, 0.25) is 0 Å². The fourth-order valence-electron chi connectivity index (χ4n) is 2.51. The molecule has 0 atom stereocenters. The number of Topliss-reactive ketones (excluding diaryl/α,β-unsaturated/α-hetero) is 1. The summed E-state index contributed by atoms with van der Waals surface area (Å²) >= 11 is 1.39. The van der Waals surface area contributed by atoms with E-state index in [1.807, 2.05) is 13.0 Å². The van der Waals surface area contributed by atoms with E-state index < -0.39 is 12.6 Å². The van der Waals surface area contributed by atoms with Crippen LogP contribution in [0, 0.1) is 0 Å². The van der Waals surface area contributed by atoms with Crippen molar-refractivity contribution in [2.75, 3.05) is 6.61 Å². The molecule has 6 nitrogen and oxygen atoms in total. The highest BCUT2D eigenvalue weighted by Crippen LogP contribution is 2.34. The van der Waals surface area contributed by atoms with Gasteiger partial charge >= 0.3 is 5.97 Å².